The van der Waals surface area contributed by atoms with E-state index in [-0.39, 0.29) is 6.54 Å². The van der Waals surface area contributed by atoms with Crippen molar-refractivity contribution in [3.05, 3.63) is 0 Å². The first-order chi connectivity index (χ1) is 5.68. The number of hydrogen-bond donors (Lipinski definition) is 1. The summed E-state index contributed by atoms with van der Waals surface area (Å²) in [6, 6.07) is 0. The Bertz CT molecular complexity index is 130. The van der Waals surface area contributed by atoms with E-state index in [4.69, 9.17) is 0 Å². The zero-order valence-electron chi connectivity index (χ0n) is 7.39. The molecule has 1 aliphatic rings. The van der Waals surface area contributed by atoms with E-state index < -0.39 is 6.43 Å². The smallest absolute Gasteiger partial charge is 0.251 e. The van der Waals surface area contributed by atoms with Gasteiger partial charge in [-0.15, -0.1) is 0 Å². The van der Waals surface area contributed by atoms with Crippen molar-refractivity contribution in [2.45, 2.75) is 13.3 Å². The maximum atomic E-state index is 12.0. The highest BCUT2D eigenvalue weighted by Crippen LogP contribution is 2.05. The summed E-state index contributed by atoms with van der Waals surface area (Å²) in [7, 11) is 0. The van der Waals surface area contributed by atoms with Gasteiger partial charge in [0.15, 0.2) is 0 Å². The fourth-order valence-corrected chi connectivity index (χ4v) is 1.54. The SMILES string of the molecule is CC1CNCCN(CC(F)F)C1. The molecule has 1 unspecified atom stereocenters. The fraction of sp³-hybridized carbons (Fsp3) is 1.00. The first kappa shape index (κ1) is 9.86. The minimum atomic E-state index is -2.20. The molecule has 1 aliphatic heterocycles. The summed E-state index contributed by atoms with van der Waals surface area (Å²) in [5.41, 5.74) is 0. The van der Waals surface area contributed by atoms with Crippen molar-refractivity contribution in [2.75, 3.05) is 32.7 Å². The molecule has 0 amide bonds. The third-order valence-electron chi connectivity index (χ3n) is 2.06. The molecule has 72 valence electrons. The average molecular weight is 178 g/mol. The highest BCUT2D eigenvalue weighted by molar-refractivity contribution is 4.71. The molecule has 0 aromatic heterocycles. The summed E-state index contributed by atoms with van der Waals surface area (Å²) < 4.78 is 24.0. The number of halogens is 2. The van der Waals surface area contributed by atoms with Gasteiger partial charge in [0.2, 0.25) is 0 Å². The van der Waals surface area contributed by atoms with Crippen LogP contribution in [-0.2, 0) is 0 Å². The van der Waals surface area contributed by atoms with E-state index in [1.54, 1.807) is 0 Å². The molecule has 0 saturated carbocycles. The van der Waals surface area contributed by atoms with Crippen LogP contribution in [0.25, 0.3) is 0 Å². The van der Waals surface area contributed by atoms with Gasteiger partial charge in [0.1, 0.15) is 0 Å². The van der Waals surface area contributed by atoms with Crippen LogP contribution in [0.2, 0.25) is 0 Å². The van der Waals surface area contributed by atoms with Crippen molar-refractivity contribution in [1.29, 1.82) is 0 Å². The number of nitrogens with one attached hydrogen (secondary N) is 1. The minimum Gasteiger partial charge on any atom is -0.315 e. The molecule has 0 aliphatic carbocycles. The van der Waals surface area contributed by atoms with Crippen LogP contribution in [0.1, 0.15) is 6.92 Å². The van der Waals surface area contributed by atoms with Crippen LogP contribution in [0.4, 0.5) is 8.78 Å². The maximum Gasteiger partial charge on any atom is 0.251 e. The second-order valence-electron chi connectivity index (χ2n) is 3.46. The largest absolute Gasteiger partial charge is 0.315 e. The van der Waals surface area contributed by atoms with Crippen molar-refractivity contribution in [3.8, 4) is 0 Å². The number of hydrogen-bond acceptors (Lipinski definition) is 2. The monoisotopic (exact) mass is 178 g/mol. The average Bonchev–Trinajstić information content (AvgIpc) is 2.12. The Morgan fingerprint density at radius 3 is 3.00 bits per heavy atom. The second-order valence-corrected chi connectivity index (χ2v) is 3.46. The van der Waals surface area contributed by atoms with Crippen LogP contribution in [0.3, 0.4) is 0 Å². The molecule has 1 fully saturated rings. The van der Waals surface area contributed by atoms with E-state index in [9.17, 15) is 8.78 Å². The molecule has 12 heavy (non-hydrogen) atoms. The summed E-state index contributed by atoms with van der Waals surface area (Å²) >= 11 is 0. The molecule has 1 N–H and O–H groups in total. The zero-order chi connectivity index (χ0) is 8.97. The van der Waals surface area contributed by atoms with Gasteiger partial charge in [0.05, 0.1) is 6.54 Å². The Balaban J connectivity index is 2.31. The molecular weight excluding hydrogens is 162 g/mol. The van der Waals surface area contributed by atoms with Gasteiger partial charge in [-0.1, -0.05) is 6.92 Å². The van der Waals surface area contributed by atoms with Crippen LogP contribution in [0.15, 0.2) is 0 Å². The van der Waals surface area contributed by atoms with Crippen LogP contribution < -0.4 is 5.32 Å². The molecule has 2 nitrogen and oxygen atoms in total. The number of alkyl halides is 2. The molecule has 1 rings (SSSR count). The summed E-state index contributed by atoms with van der Waals surface area (Å²) in [6.45, 7) is 5.31. The van der Waals surface area contributed by atoms with E-state index in [1.165, 1.54) is 0 Å². The maximum absolute atomic E-state index is 12.0. The lowest BCUT2D eigenvalue weighted by atomic mass is 10.2. The molecule has 1 atom stereocenters. The highest BCUT2D eigenvalue weighted by Gasteiger charge is 2.17. The summed E-state index contributed by atoms with van der Waals surface area (Å²) in [5, 5.41) is 3.21. The molecule has 1 saturated heterocycles. The van der Waals surface area contributed by atoms with Crippen molar-refractivity contribution >= 4 is 0 Å². The minimum absolute atomic E-state index is 0.0774. The van der Waals surface area contributed by atoms with Gasteiger partial charge < -0.3 is 5.32 Å². The molecule has 0 spiro atoms. The number of nitrogens with zero attached hydrogens (tertiary/aromatic N) is 1. The van der Waals surface area contributed by atoms with Crippen molar-refractivity contribution in [1.82, 2.24) is 10.2 Å². The Labute approximate surface area is 71.9 Å². The van der Waals surface area contributed by atoms with Gasteiger partial charge in [0, 0.05) is 19.6 Å². The number of rotatable bonds is 2. The first-order valence-electron chi connectivity index (χ1n) is 4.39. The summed E-state index contributed by atoms with van der Waals surface area (Å²) in [5.74, 6) is 0.478. The normalized spacial score (nSPS) is 27.5. The third-order valence-corrected chi connectivity index (χ3v) is 2.06. The van der Waals surface area contributed by atoms with Gasteiger partial charge >= 0.3 is 0 Å². The lowest BCUT2D eigenvalue weighted by Gasteiger charge is -2.20. The zero-order valence-corrected chi connectivity index (χ0v) is 7.39. The summed E-state index contributed by atoms with van der Waals surface area (Å²) in [4.78, 5) is 1.83. The Morgan fingerprint density at radius 1 is 1.58 bits per heavy atom. The van der Waals surface area contributed by atoms with Crippen molar-refractivity contribution < 1.29 is 8.78 Å². The Morgan fingerprint density at radius 2 is 2.33 bits per heavy atom. The first-order valence-corrected chi connectivity index (χ1v) is 4.39. The second kappa shape index (κ2) is 4.72. The fourth-order valence-electron chi connectivity index (χ4n) is 1.54. The van der Waals surface area contributed by atoms with Gasteiger partial charge in [-0.3, -0.25) is 4.90 Å². The van der Waals surface area contributed by atoms with Crippen molar-refractivity contribution in [2.24, 2.45) is 5.92 Å². The van der Waals surface area contributed by atoms with Gasteiger partial charge in [0.25, 0.3) is 6.43 Å². The lowest BCUT2D eigenvalue weighted by Crippen LogP contribution is -2.33. The van der Waals surface area contributed by atoms with E-state index in [1.807, 2.05) is 4.90 Å². The van der Waals surface area contributed by atoms with E-state index in [0.29, 0.717) is 5.92 Å². The predicted molar refractivity (Wildman–Crippen MR) is 44.5 cm³/mol. The summed E-state index contributed by atoms with van der Waals surface area (Å²) in [6.07, 6.45) is -2.20. The molecular formula is C8H16F2N2. The highest BCUT2D eigenvalue weighted by atomic mass is 19.3. The molecule has 0 radical (unpaired) electrons. The van der Waals surface area contributed by atoms with E-state index in [0.717, 1.165) is 26.2 Å². The van der Waals surface area contributed by atoms with Gasteiger partial charge in [-0.05, 0) is 12.5 Å². The Hall–Kier alpha value is -0.220. The molecule has 0 aromatic rings. The third kappa shape index (κ3) is 3.45. The van der Waals surface area contributed by atoms with Gasteiger partial charge in [-0.2, -0.15) is 0 Å². The quantitative estimate of drug-likeness (QED) is 0.672. The predicted octanol–water partition coefficient (Wildman–Crippen LogP) is 0.793. The Kier molecular flexibility index (Phi) is 3.88. The topological polar surface area (TPSA) is 15.3 Å². The van der Waals surface area contributed by atoms with Crippen LogP contribution in [0.5, 0.6) is 0 Å². The molecule has 0 aromatic carbocycles. The van der Waals surface area contributed by atoms with E-state index in [2.05, 4.69) is 12.2 Å². The van der Waals surface area contributed by atoms with Crippen LogP contribution in [0, 0.1) is 5.92 Å². The van der Waals surface area contributed by atoms with Crippen molar-refractivity contribution in [3.63, 3.8) is 0 Å². The van der Waals surface area contributed by atoms with Gasteiger partial charge in [-0.25, -0.2) is 8.78 Å². The molecule has 4 heteroatoms. The van der Waals surface area contributed by atoms with Crippen LogP contribution >= 0.6 is 0 Å². The molecule has 0 bridgehead atoms. The molecule has 1 heterocycles. The van der Waals surface area contributed by atoms with Crippen LogP contribution in [-0.4, -0.2) is 44.0 Å². The van der Waals surface area contributed by atoms with E-state index >= 15 is 0 Å². The lowest BCUT2D eigenvalue weighted by molar-refractivity contribution is 0.0868. The standard InChI is InChI=1S/C8H16F2N2/c1-7-4-11-2-3-12(5-7)6-8(9)10/h7-8,11H,2-6H2,1H3.